The van der Waals surface area contributed by atoms with Crippen molar-refractivity contribution in [1.29, 1.82) is 0 Å². The molecule has 114 valence electrons. The van der Waals surface area contributed by atoms with Gasteiger partial charge in [-0.1, -0.05) is 12.1 Å². The van der Waals surface area contributed by atoms with Crippen molar-refractivity contribution in [3.8, 4) is 0 Å². The fraction of sp³-hybridized carbons (Fsp3) is 0.500. The minimum Gasteiger partial charge on any atom is -0.480 e. The van der Waals surface area contributed by atoms with Gasteiger partial charge in [0.15, 0.2) is 0 Å². The Morgan fingerprint density at radius 2 is 1.95 bits per heavy atom. The van der Waals surface area contributed by atoms with Gasteiger partial charge in [-0.3, -0.25) is 0 Å². The normalized spacial score (nSPS) is 22.5. The molecule has 6 nitrogen and oxygen atoms in total. The van der Waals surface area contributed by atoms with E-state index >= 15 is 0 Å². The van der Waals surface area contributed by atoms with Crippen LogP contribution in [0.4, 0.5) is 5.69 Å². The molecule has 2 fully saturated rings. The molecule has 2 N–H and O–H groups in total. The molecule has 1 atom stereocenters. The average molecular weight is 310 g/mol. The van der Waals surface area contributed by atoms with E-state index in [0.717, 1.165) is 19.3 Å². The zero-order chi connectivity index (χ0) is 15.0. The lowest BCUT2D eigenvalue weighted by Gasteiger charge is -2.26. The minimum atomic E-state index is -3.60. The predicted octanol–water partition coefficient (Wildman–Crippen LogP) is 1.18. The Balaban J connectivity index is 1.97. The lowest BCUT2D eigenvalue weighted by Crippen LogP contribution is -2.37. The maximum absolute atomic E-state index is 12.5. The van der Waals surface area contributed by atoms with Crippen molar-refractivity contribution in [2.24, 2.45) is 0 Å². The second kappa shape index (κ2) is 5.31. The Hall–Kier alpha value is -1.60. The summed E-state index contributed by atoms with van der Waals surface area (Å²) in [7, 11) is -3.60. The van der Waals surface area contributed by atoms with Crippen LogP contribution < -0.4 is 9.62 Å². The second-order valence-corrected chi connectivity index (χ2v) is 7.24. The van der Waals surface area contributed by atoms with Crippen molar-refractivity contribution in [3.05, 3.63) is 24.3 Å². The molecule has 7 heteroatoms. The minimum absolute atomic E-state index is 0.0249. The lowest BCUT2D eigenvalue weighted by atomic mass is 10.2. The number of hydrogen-bond donors (Lipinski definition) is 2. The first-order chi connectivity index (χ1) is 9.99. The van der Waals surface area contributed by atoms with E-state index in [2.05, 4.69) is 4.72 Å². The van der Waals surface area contributed by atoms with Gasteiger partial charge in [0.05, 0.1) is 5.69 Å². The number of anilines is 1. The number of carbonyl (C=O) groups is 1. The number of para-hydroxylation sites is 1. The van der Waals surface area contributed by atoms with Gasteiger partial charge in [-0.25, -0.2) is 17.9 Å². The predicted molar refractivity (Wildman–Crippen MR) is 77.8 cm³/mol. The molecule has 1 heterocycles. The molecule has 1 aromatic carbocycles. The molecule has 1 saturated carbocycles. The van der Waals surface area contributed by atoms with E-state index in [0.29, 0.717) is 18.7 Å². The van der Waals surface area contributed by atoms with Crippen molar-refractivity contribution in [3.63, 3.8) is 0 Å². The number of carboxylic acid groups (broad SMARTS) is 1. The van der Waals surface area contributed by atoms with Crippen molar-refractivity contribution in [1.82, 2.24) is 4.72 Å². The Bertz CT molecular complexity index is 655. The molecular weight excluding hydrogens is 292 g/mol. The molecule has 2 aliphatic rings. The SMILES string of the molecule is O=C(O)C1CCCN1c1ccccc1S(=O)(=O)NC1CC1. The van der Waals surface area contributed by atoms with Crippen LogP contribution in [0.5, 0.6) is 0 Å². The van der Waals surface area contributed by atoms with Crippen LogP contribution in [0.3, 0.4) is 0 Å². The van der Waals surface area contributed by atoms with Crippen molar-refractivity contribution >= 4 is 21.7 Å². The smallest absolute Gasteiger partial charge is 0.326 e. The van der Waals surface area contributed by atoms with Gasteiger partial charge in [0, 0.05) is 12.6 Å². The van der Waals surface area contributed by atoms with Crippen LogP contribution in [0.15, 0.2) is 29.2 Å². The molecular formula is C14H18N2O4S. The molecule has 0 amide bonds. The monoisotopic (exact) mass is 310 g/mol. The summed E-state index contributed by atoms with van der Waals surface area (Å²) in [6.07, 6.45) is 3.02. The van der Waals surface area contributed by atoms with Gasteiger partial charge in [-0.05, 0) is 37.8 Å². The standard InChI is InChI=1S/C14H18N2O4S/c17-14(18)12-5-3-9-16(12)11-4-1-2-6-13(11)21(19,20)15-10-7-8-10/h1-2,4,6,10,12,15H,3,5,7-9H2,(H,17,18). The fourth-order valence-corrected chi connectivity index (χ4v) is 4.24. The summed E-state index contributed by atoms with van der Waals surface area (Å²) in [6.45, 7) is 0.562. The van der Waals surface area contributed by atoms with Crippen molar-refractivity contribution in [2.45, 2.75) is 42.7 Å². The summed E-state index contributed by atoms with van der Waals surface area (Å²) in [5, 5.41) is 9.29. The molecule has 0 spiro atoms. The Labute approximate surface area is 123 Å². The Morgan fingerprint density at radius 1 is 1.24 bits per heavy atom. The van der Waals surface area contributed by atoms with Crippen LogP contribution >= 0.6 is 0 Å². The summed E-state index contributed by atoms with van der Waals surface area (Å²) in [6, 6.07) is 6.00. The van der Waals surface area contributed by atoms with Crippen LogP contribution in [0, 0.1) is 0 Å². The van der Waals surface area contributed by atoms with E-state index in [1.165, 1.54) is 6.07 Å². The van der Waals surface area contributed by atoms with E-state index in [9.17, 15) is 18.3 Å². The number of rotatable bonds is 5. The highest BCUT2D eigenvalue weighted by molar-refractivity contribution is 7.89. The van der Waals surface area contributed by atoms with Crippen LogP contribution in [-0.2, 0) is 14.8 Å². The first-order valence-corrected chi connectivity index (χ1v) is 8.58. The van der Waals surface area contributed by atoms with E-state index in [1.807, 2.05) is 0 Å². The topological polar surface area (TPSA) is 86.7 Å². The molecule has 1 saturated heterocycles. The van der Waals surface area contributed by atoms with Gasteiger partial charge in [-0.2, -0.15) is 0 Å². The number of aliphatic carboxylic acids is 1. The first kappa shape index (κ1) is 14.3. The molecule has 1 unspecified atom stereocenters. The third-order valence-electron chi connectivity index (χ3n) is 3.90. The number of nitrogens with one attached hydrogen (secondary N) is 1. The maximum atomic E-state index is 12.5. The maximum Gasteiger partial charge on any atom is 0.326 e. The van der Waals surface area contributed by atoms with E-state index in [-0.39, 0.29) is 10.9 Å². The molecule has 1 aliphatic heterocycles. The third kappa shape index (κ3) is 2.89. The van der Waals surface area contributed by atoms with Crippen LogP contribution in [0.25, 0.3) is 0 Å². The molecule has 1 aromatic rings. The van der Waals surface area contributed by atoms with Gasteiger partial charge < -0.3 is 10.0 Å². The third-order valence-corrected chi connectivity index (χ3v) is 5.47. The zero-order valence-corrected chi connectivity index (χ0v) is 12.3. The summed E-state index contributed by atoms with van der Waals surface area (Å²) >= 11 is 0. The molecule has 0 bridgehead atoms. The first-order valence-electron chi connectivity index (χ1n) is 7.10. The largest absolute Gasteiger partial charge is 0.480 e. The molecule has 21 heavy (non-hydrogen) atoms. The van der Waals surface area contributed by atoms with Crippen molar-refractivity contribution < 1.29 is 18.3 Å². The number of hydrogen-bond acceptors (Lipinski definition) is 4. The summed E-state index contributed by atoms with van der Waals surface area (Å²) in [4.78, 5) is 13.2. The fourth-order valence-electron chi connectivity index (χ4n) is 2.72. The number of nitrogens with zero attached hydrogens (tertiary/aromatic N) is 1. The van der Waals surface area contributed by atoms with E-state index < -0.39 is 22.0 Å². The molecule has 1 aliphatic carbocycles. The van der Waals surface area contributed by atoms with E-state index in [1.54, 1.807) is 23.1 Å². The zero-order valence-electron chi connectivity index (χ0n) is 11.5. The van der Waals surface area contributed by atoms with Gasteiger partial charge in [0.1, 0.15) is 10.9 Å². The van der Waals surface area contributed by atoms with Crippen LogP contribution in [-0.4, -0.2) is 38.1 Å². The highest BCUT2D eigenvalue weighted by Crippen LogP contribution is 2.32. The van der Waals surface area contributed by atoms with Crippen LogP contribution in [0.1, 0.15) is 25.7 Å². The van der Waals surface area contributed by atoms with Gasteiger partial charge in [-0.15, -0.1) is 0 Å². The van der Waals surface area contributed by atoms with Crippen LogP contribution in [0.2, 0.25) is 0 Å². The van der Waals surface area contributed by atoms with Crippen molar-refractivity contribution in [2.75, 3.05) is 11.4 Å². The molecule has 3 rings (SSSR count). The molecule has 0 aromatic heterocycles. The average Bonchev–Trinajstić information content (AvgIpc) is 3.09. The van der Waals surface area contributed by atoms with Gasteiger partial charge in [0.2, 0.25) is 10.0 Å². The lowest BCUT2D eigenvalue weighted by molar-refractivity contribution is -0.138. The molecule has 0 radical (unpaired) electrons. The second-order valence-electron chi connectivity index (χ2n) is 5.55. The van der Waals surface area contributed by atoms with E-state index in [4.69, 9.17) is 0 Å². The van der Waals surface area contributed by atoms with Gasteiger partial charge in [0.25, 0.3) is 0 Å². The Morgan fingerprint density at radius 3 is 2.62 bits per heavy atom. The quantitative estimate of drug-likeness (QED) is 0.853. The highest BCUT2D eigenvalue weighted by Gasteiger charge is 2.35. The highest BCUT2D eigenvalue weighted by atomic mass is 32.2. The van der Waals surface area contributed by atoms with Gasteiger partial charge >= 0.3 is 5.97 Å². The number of benzene rings is 1. The number of sulfonamides is 1. The number of carboxylic acids is 1. The summed E-state index contributed by atoms with van der Waals surface area (Å²) in [5.74, 6) is -0.908. The summed E-state index contributed by atoms with van der Waals surface area (Å²) < 4.78 is 27.6. The Kier molecular flexibility index (Phi) is 3.62. The summed E-state index contributed by atoms with van der Waals surface area (Å²) in [5.41, 5.74) is 0.482.